The van der Waals surface area contributed by atoms with Gasteiger partial charge in [0.1, 0.15) is 18.3 Å². The second-order valence-corrected chi connectivity index (χ2v) is 13.5. The van der Waals surface area contributed by atoms with Crippen molar-refractivity contribution in [2.45, 2.75) is 51.6 Å². The van der Waals surface area contributed by atoms with Crippen molar-refractivity contribution < 1.29 is 22.7 Å². The summed E-state index contributed by atoms with van der Waals surface area (Å²) in [4.78, 5) is 29.9. The molecule has 8 nitrogen and oxygen atoms in total. The van der Waals surface area contributed by atoms with Gasteiger partial charge >= 0.3 is 0 Å². The molecule has 0 radical (unpaired) electrons. The van der Waals surface area contributed by atoms with E-state index in [-0.39, 0.29) is 29.7 Å². The molecule has 9 heteroatoms. The number of anilines is 1. The van der Waals surface area contributed by atoms with Crippen LogP contribution in [0.1, 0.15) is 37.5 Å². The number of hydrogen-bond acceptors (Lipinski definition) is 5. The van der Waals surface area contributed by atoms with Gasteiger partial charge in [0.15, 0.2) is 0 Å². The summed E-state index contributed by atoms with van der Waals surface area (Å²) in [6.45, 7) is 8.28. The molecule has 46 heavy (non-hydrogen) atoms. The Balaban J connectivity index is 1.77. The number of sulfonamides is 1. The normalized spacial score (nSPS) is 11.9. The highest BCUT2D eigenvalue weighted by Crippen LogP contribution is 2.27. The first kappa shape index (κ1) is 34.2. The van der Waals surface area contributed by atoms with Crippen LogP contribution in [-0.2, 0) is 32.6 Å². The third-order valence-electron chi connectivity index (χ3n) is 7.47. The minimum absolute atomic E-state index is 0.0226. The van der Waals surface area contributed by atoms with Crippen LogP contribution in [0.25, 0.3) is 0 Å². The second kappa shape index (κ2) is 16.1. The molecule has 0 aliphatic carbocycles. The van der Waals surface area contributed by atoms with Crippen LogP contribution >= 0.6 is 0 Å². The van der Waals surface area contributed by atoms with Gasteiger partial charge in [-0.05, 0) is 67.3 Å². The number of nitrogens with one attached hydrogen (secondary N) is 1. The number of carbonyl (C=O) groups is 2. The van der Waals surface area contributed by atoms with Gasteiger partial charge in [0.2, 0.25) is 11.8 Å². The van der Waals surface area contributed by atoms with Crippen molar-refractivity contribution in [2.24, 2.45) is 5.92 Å². The maximum atomic E-state index is 14.5. The lowest BCUT2D eigenvalue weighted by Gasteiger charge is -2.34. The van der Waals surface area contributed by atoms with Crippen LogP contribution in [-0.4, -0.2) is 50.9 Å². The first-order valence-electron chi connectivity index (χ1n) is 15.6. The molecule has 4 aromatic rings. The van der Waals surface area contributed by atoms with Crippen molar-refractivity contribution in [1.29, 1.82) is 0 Å². The number of nitrogens with zero attached hydrogens (tertiary/aromatic N) is 2. The van der Waals surface area contributed by atoms with Crippen LogP contribution in [0.15, 0.2) is 114 Å². The Hall–Kier alpha value is -4.63. The Morgan fingerprint density at radius 1 is 0.804 bits per heavy atom. The number of rotatable bonds is 15. The number of benzene rings is 4. The molecule has 0 saturated heterocycles. The Kier molecular flexibility index (Phi) is 12.0. The molecule has 0 saturated carbocycles. The predicted molar refractivity (Wildman–Crippen MR) is 182 cm³/mol. The van der Waals surface area contributed by atoms with Gasteiger partial charge in [-0.1, -0.05) is 92.2 Å². The van der Waals surface area contributed by atoms with Crippen molar-refractivity contribution in [1.82, 2.24) is 10.2 Å². The molecule has 4 aromatic carbocycles. The van der Waals surface area contributed by atoms with Gasteiger partial charge in [0.05, 0.1) is 17.2 Å². The molecule has 2 amide bonds. The van der Waals surface area contributed by atoms with E-state index in [0.29, 0.717) is 24.6 Å². The monoisotopic (exact) mass is 641 g/mol. The highest BCUT2D eigenvalue weighted by molar-refractivity contribution is 7.92. The zero-order valence-electron chi connectivity index (χ0n) is 26.9. The average molecular weight is 642 g/mol. The van der Waals surface area contributed by atoms with Gasteiger partial charge < -0.3 is 15.0 Å². The summed E-state index contributed by atoms with van der Waals surface area (Å²) < 4.78 is 35.0. The number of carbonyl (C=O) groups excluding carboxylic acids is 2. The average Bonchev–Trinajstić information content (AvgIpc) is 3.06. The lowest BCUT2D eigenvalue weighted by molar-refractivity contribution is -0.140. The molecular formula is C37H43N3O5S. The SMILES string of the molecule is CCOc1ccc(S(=O)(=O)N(CC(=O)N(Cc2ccccc2)[C@@H](Cc2ccccc2)C(=O)NCC(C)C)c2ccc(C)cc2)cc1. The van der Waals surface area contributed by atoms with Crippen LogP contribution in [0.3, 0.4) is 0 Å². The first-order valence-corrected chi connectivity index (χ1v) is 17.0. The van der Waals surface area contributed by atoms with Gasteiger partial charge in [-0.25, -0.2) is 8.42 Å². The fraction of sp³-hybridized carbons (Fsp3) is 0.297. The van der Waals surface area contributed by atoms with Crippen LogP contribution in [0.4, 0.5) is 5.69 Å². The molecule has 0 fully saturated rings. The van der Waals surface area contributed by atoms with E-state index in [9.17, 15) is 18.0 Å². The fourth-order valence-electron chi connectivity index (χ4n) is 5.00. The topological polar surface area (TPSA) is 96.0 Å². The molecule has 4 rings (SSSR count). The van der Waals surface area contributed by atoms with Gasteiger partial charge in [0.25, 0.3) is 10.0 Å². The fourth-order valence-corrected chi connectivity index (χ4v) is 6.41. The lowest BCUT2D eigenvalue weighted by atomic mass is 10.0. The van der Waals surface area contributed by atoms with E-state index in [1.807, 2.05) is 88.4 Å². The maximum absolute atomic E-state index is 14.5. The molecular weight excluding hydrogens is 598 g/mol. The van der Waals surface area contributed by atoms with E-state index in [1.165, 1.54) is 17.0 Å². The highest BCUT2D eigenvalue weighted by atomic mass is 32.2. The summed E-state index contributed by atoms with van der Waals surface area (Å²) in [6, 6.07) is 31.2. The Morgan fingerprint density at radius 3 is 1.96 bits per heavy atom. The zero-order chi connectivity index (χ0) is 33.1. The number of ether oxygens (including phenoxy) is 1. The largest absolute Gasteiger partial charge is 0.494 e. The number of hydrogen-bond donors (Lipinski definition) is 1. The smallest absolute Gasteiger partial charge is 0.264 e. The van der Waals surface area contributed by atoms with E-state index >= 15 is 0 Å². The molecule has 0 aromatic heterocycles. The van der Waals surface area contributed by atoms with Gasteiger partial charge in [0, 0.05) is 19.5 Å². The zero-order valence-corrected chi connectivity index (χ0v) is 27.7. The minimum atomic E-state index is -4.20. The van der Waals surface area contributed by atoms with Crippen molar-refractivity contribution in [3.8, 4) is 5.75 Å². The third-order valence-corrected chi connectivity index (χ3v) is 9.26. The van der Waals surface area contributed by atoms with Crippen LogP contribution in [0.2, 0.25) is 0 Å². The predicted octanol–water partition coefficient (Wildman–Crippen LogP) is 6.00. The minimum Gasteiger partial charge on any atom is -0.494 e. The van der Waals surface area contributed by atoms with E-state index in [4.69, 9.17) is 4.74 Å². The Bertz CT molecular complexity index is 1660. The molecule has 0 unspecified atom stereocenters. The number of aryl methyl sites for hydroxylation is 1. The van der Waals surface area contributed by atoms with Crippen molar-refractivity contribution in [3.05, 3.63) is 126 Å². The molecule has 242 valence electrons. The quantitative estimate of drug-likeness (QED) is 0.172. The van der Waals surface area contributed by atoms with E-state index < -0.39 is 28.5 Å². The molecule has 0 aliphatic heterocycles. The van der Waals surface area contributed by atoms with Gasteiger partial charge in [-0.15, -0.1) is 0 Å². The Labute approximate surface area is 273 Å². The molecule has 0 spiro atoms. The standard InChI is InChI=1S/C37H43N3O5S/c1-5-45-33-20-22-34(23-21-33)46(43,44)40(32-18-16-29(4)17-19-32)27-36(41)39(26-31-14-10-7-11-15-31)35(37(42)38-25-28(2)3)24-30-12-8-6-9-13-30/h6-23,28,35H,5,24-27H2,1-4H3,(H,38,42)/t35-/m0/s1. The summed E-state index contributed by atoms with van der Waals surface area (Å²) in [5.74, 6) is -0.0434. The summed E-state index contributed by atoms with van der Waals surface area (Å²) >= 11 is 0. The molecule has 0 heterocycles. The number of amides is 2. The first-order chi connectivity index (χ1) is 22.1. The van der Waals surface area contributed by atoms with E-state index in [1.54, 1.807) is 36.4 Å². The van der Waals surface area contributed by atoms with Crippen LogP contribution in [0, 0.1) is 12.8 Å². The molecule has 1 atom stereocenters. The summed E-state index contributed by atoms with van der Waals surface area (Å²) in [7, 11) is -4.20. The summed E-state index contributed by atoms with van der Waals surface area (Å²) in [6.07, 6.45) is 0.263. The highest BCUT2D eigenvalue weighted by Gasteiger charge is 2.34. The second-order valence-electron chi connectivity index (χ2n) is 11.6. The van der Waals surface area contributed by atoms with Crippen LogP contribution < -0.4 is 14.4 Å². The molecule has 1 N–H and O–H groups in total. The van der Waals surface area contributed by atoms with E-state index in [0.717, 1.165) is 21.0 Å². The summed E-state index contributed by atoms with van der Waals surface area (Å²) in [5.41, 5.74) is 3.00. The van der Waals surface area contributed by atoms with Crippen LogP contribution in [0.5, 0.6) is 5.75 Å². The lowest BCUT2D eigenvalue weighted by Crippen LogP contribution is -2.53. The Morgan fingerprint density at radius 2 is 1.39 bits per heavy atom. The van der Waals surface area contributed by atoms with Gasteiger partial charge in [-0.3, -0.25) is 13.9 Å². The van der Waals surface area contributed by atoms with E-state index in [2.05, 4.69) is 5.32 Å². The third kappa shape index (κ3) is 9.20. The van der Waals surface area contributed by atoms with Crippen molar-refractivity contribution >= 4 is 27.5 Å². The summed E-state index contributed by atoms with van der Waals surface area (Å²) in [5, 5.41) is 3.01. The molecule has 0 bridgehead atoms. The van der Waals surface area contributed by atoms with Crippen molar-refractivity contribution in [3.63, 3.8) is 0 Å². The molecule has 0 aliphatic rings. The maximum Gasteiger partial charge on any atom is 0.264 e. The van der Waals surface area contributed by atoms with Gasteiger partial charge in [-0.2, -0.15) is 0 Å². The van der Waals surface area contributed by atoms with Crippen molar-refractivity contribution in [2.75, 3.05) is 24.0 Å².